The first-order chi connectivity index (χ1) is 8.27. The van der Waals surface area contributed by atoms with Gasteiger partial charge in [0.1, 0.15) is 7.05 Å². The fourth-order valence-corrected chi connectivity index (χ4v) is 2.15. The summed E-state index contributed by atoms with van der Waals surface area (Å²) in [5.41, 5.74) is 2.14. The van der Waals surface area contributed by atoms with Crippen LogP contribution in [0.2, 0.25) is 0 Å². The molecule has 1 aromatic carbocycles. The van der Waals surface area contributed by atoms with Gasteiger partial charge in [-0.3, -0.25) is 4.79 Å². The molecule has 1 aromatic rings. The summed E-state index contributed by atoms with van der Waals surface area (Å²) in [6.45, 7) is 1.60. The van der Waals surface area contributed by atoms with Crippen LogP contribution in [0.1, 0.15) is 24.8 Å². The van der Waals surface area contributed by atoms with Crippen molar-refractivity contribution in [3.8, 4) is 0 Å². The molecule has 0 saturated carbocycles. The van der Waals surface area contributed by atoms with E-state index in [0.29, 0.717) is 0 Å². The standard InChI is InChI=1S/C14H18N2O/c1-16(11-12-7-3-2-4-8-12)13-9-5-6-10-15-14(13)17/h2-4,7-8H,5-6,9-11H2,1H3/p+1. The zero-order valence-corrected chi connectivity index (χ0v) is 10.3. The average Bonchev–Trinajstić information content (AvgIpc) is 2.55. The molecule has 90 valence electrons. The molecule has 1 fully saturated rings. The molecule has 0 aromatic heterocycles. The lowest BCUT2D eigenvalue weighted by Gasteiger charge is -2.04. The van der Waals surface area contributed by atoms with E-state index in [1.807, 2.05) is 25.2 Å². The van der Waals surface area contributed by atoms with E-state index in [-0.39, 0.29) is 5.91 Å². The topological polar surface area (TPSA) is 32.1 Å². The van der Waals surface area contributed by atoms with Crippen LogP contribution in [-0.2, 0) is 11.3 Å². The molecule has 0 atom stereocenters. The number of carbonyl (C=O) groups excluding carboxylic acids is 1. The largest absolute Gasteiger partial charge is 0.347 e. The van der Waals surface area contributed by atoms with Gasteiger partial charge in [0.05, 0.1) is 0 Å². The van der Waals surface area contributed by atoms with E-state index in [1.54, 1.807) is 0 Å². The second-order valence-corrected chi connectivity index (χ2v) is 4.50. The fraction of sp³-hybridized carbons (Fsp3) is 0.429. The van der Waals surface area contributed by atoms with E-state index in [2.05, 4.69) is 22.0 Å². The zero-order valence-electron chi connectivity index (χ0n) is 10.3. The van der Waals surface area contributed by atoms with Crippen molar-refractivity contribution in [1.29, 1.82) is 0 Å². The SMILES string of the molecule is C[N+](Cc1ccccc1)=C1CCCCNC1=O. The molecule has 1 N–H and O–H groups in total. The summed E-state index contributed by atoms with van der Waals surface area (Å²) in [4.78, 5) is 11.9. The molecule has 3 heteroatoms. The lowest BCUT2D eigenvalue weighted by Crippen LogP contribution is -2.34. The van der Waals surface area contributed by atoms with E-state index >= 15 is 0 Å². The normalized spacial score (nSPS) is 19.5. The van der Waals surface area contributed by atoms with Gasteiger partial charge in [0.2, 0.25) is 5.71 Å². The lowest BCUT2D eigenvalue weighted by molar-refractivity contribution is -0.514. The number of nitrogens with one attached hydrogen (secondary N) is 1. The van der Waals surface area contributed by atoms with Crippen molar-refractivity contribution in [3.63, 3.8) is 0 Å². The smallest absolute Gasteiger partial charge is 0.310 e. The molecule has 0 spiro atoms. The van der Waals surface area contributed by atoms with Gasteiger partial charge in [-0.25, -0.2) is 4.58 Å². The number of nitrogens with zero attached hydrogens (tertiary/aromatic N) is 1. The molecule has 0 unspecified atom stereocenters. The van der Waals surface area contributed by atoms with Gasteiger partial charge in [-0.2, -0.15) is 0 Å². The van der Waals surface area contributed by atoms with Crippen LogP contribution in [0, 0.1) is 0 Å². The Hall–Kier alpha value is -1.64. The average molecular weight is 231 g/mol. The number of rotatable bonds is 2. The van der Waals surface area contributed by atoms with Crippen molar-refractivity contribution in [3.05, 3.63) is 35.9 Å². The highest BCUT2D eigenvalue weighted by Gasteiger charge is 2.22. The predicted molar refractivity (Wildman–Crippen MR) is 68.2 cm³/mol. The van der Waals surface area contributed by atoms with Crippen molar-refractivity contribution in [1.82, 2.24) is 5.32 Å². The summed E-state index contributed by atoms with van der Waals surface area (Å²) in [5.74, 6) is 0.0981. The van der Waals surface area contributed by atoms with Gasteiger partial charge in [0, 0.05) is 18.5 Å². The molecule has 17 heavy (non-hydrogen) atoms. The Bertz CT molecular complexity index is 423. The molecule has 2 rings (SSSR count). The Morgan fingerprint density at radius 3 is 2.76 bits per heavy atom. The monoisotopic (exact) mass is 231 g/mol. The minimum absolute atomic E-state index is 0.0981. The van der Waals surface area contributed by atoms with Gasteiger partial charge in [-0.05, 0) is 12.8 Å². The first kappa shape index (κ1) is 11.8. The highest BCUT2D eigenvalue weighted by Crippen LogP contribution is 2.05. The van der Waals surface area contributed by atoms with Crippen molar-refractivity contribution >= 4 is 11.6 Å². The van der Waals surface area contributed by atoms with Crippen molar-refractivity contribution in [2.75, 3.05) is 13.6 Å². The van der Waals surface area contributed by atoms with Crippen LogP contribution in [0.3, 0.4) is 0 Å². The van der Waals surface area contributed by atoms with Crippen LogP contribution >= 0.6 is 0 Å². The molecular weight excluding hydrogens is 212 g/mol. The summed E-state index contributed by atoms with van der Waals surface area (Å²) < 4.78 is 2.07. The Labute approximate surface area is 102 Å². The molecule has 1 amide bonds. The molecular formula is C14H19N2O+. The molecule has 0 bridgehead atoms. The van der Waals surface area contributed by atoms with E-state index in [1.165, 1.54) is 5.56 Å². The van der Waals surface area contributed by atoms with E-state index in [9.17, 15) is 4.79 Å². The van der Waals surface area contributed by atoms with Gasteiger partial charge < -0.3 is 5.32 Å². The maximum Gasteiger partial charge on any atom is 0.310 e. The highest BCUT2D eigenvalue weighted by molar-refractivity contribution is 6.36. The van der Waals surface area contributed by atoms with Gasteiger partial charge >= 0.3 is 5.91 Å². The minimum atomic E-state index is 0.0981. The maximum atomic E-state index is 11.9. The van der Waals surface area contributed by atoms with Gasteiger partial charge in [-0.1, -0.05) is 30.3 Å². The number of carbonyl (C=O) groups is 1. The van der Waals surface area contributed by atoms with Crippen LogP contribution in [0.5, 0.6) is 0 Å². The summed E-state index contributed by atoms with van der Waals surface area (Å²) in [6, 6.07) is 10.2. The summed E-state index contributed by atoms with van der Waals surface area (Å²) in [5, 5.41) is 2.94. The minimum Gasteiger partial charge on any atom is -0.347 e. The maximum absolute atomic E-state index is 11.9. The third-order valence-corrected chi connectivity index (χ3v) is 3.11. The Morgan fingerprint density at radius 2 is 2.00 bits per heavy atom. The van der Waals surface area contributed by atoms with E-state index in [0.717, 1.165) is 38.1 Å². The summed E-state index contributed by atoms with van der Waals surface area (Å²) in [7, 11) is 1.99. The molecule has 1 heterocycles. The molecule has 1 aliphatic heterocycles. The van der Waals surface area contributed by atoms with Gasteiger partial charge in [-0.15, -0.1) is 0 Å². The molecule has 0 radical (unpaired) electrons. The summed E-state index contributed by atoms with van der Waals surface area (Å²) >= 11 is 0. The van der Waals surface area contributed by atoms with Crippen molar-refractivity contribution in [2.45, 2.75) is 25.8 Å². The van der Waals surface area contributed by atoms with Crippen LogP contribution in [0.4, 0.5) is 0 Å². The lowest BCUT2D eigenvalue weighted by atomic mass is 10.1. The number of hydrogen-bond acceptors (Lipinski definition) is 1. The van der Waals surface area contributed by atoms with Gasteiger partial charge in [0.15, 0.2) is 6.54 Å². The van der Waals surface area contributed by atoms with E-state index in [4.69, 9.17) is 0 Å². The van der Waals surface area contributed by atoms with Crippen LogP contribution in [0.25, 0.3) is 0 Å². The Balaban J connectivity index is 2.16. The van der Waals surface area contributed by atoms with Crippen molar-refractivity contribution < 1.29 is 9.37 Å². The highest BCUT2D eigenvalue weighted by atomic mass is 16.1. The van der Waals surface area contributed by atoms with Crippen LogP contribution in [0.15, 0.2) is 30.3 Å². The Kier molecular flexibility index (Phi) is 3.91. The Morgan fingerprint density at radius 1 is 1.24 bits per heavy atom. The second-order valence-electron chi connectivity index (χ2n) is 4.50. The number of amides is 1. The second kappa shape index (κ2) is 5.62. The molecule has 3 nitrogen and oxygen atoms in total. The fourth-order valence-electron chi connectivity index (χ4n) is 2.15. The van der Waals surface area contributed by atoms with Crippen molar-refractivity contribution in [2.24, 2.45) is 0 Å². The van der Waals surface area contributed by atoms with Crippen LogP contribution in [-0.4, -0.2) is 29.8 Å². The predicted octanol–water partition coefficient (Wildman–Crippen LogP) is 1.57. The number of benzene rings is 1. The van der Waals surface area contributed by atoms with Crippen LogP contribution < -0.4 is 5.32 Å². The third-order valence-electron chi connectivity index (χ3n) is 3.11. The molecule has 1 aliphatic rings. The third kappa shape index (κ3) is 3.16. The molecule has 0 aliphatic carbocycles. The first-order valence-electron chi connectivity index (χ1n) is 6.16. The quantitative estimate of drug-likeness (QED) is 0.770. The van der Waals surface area contributed by atoms with E-state index < -0.39 is 0 Å². The summed E-state index contributed by atoms with van der Waals surface area (Å²) in [6.07, 6.45) is 3.05. The zero-order chi connectivity index (χ0) is 12.1. The first-order valence-corrected chi connectivity index (χ1v) is 6.16. The van der Waals surface area contributed by atoms with Gasteiger partial charge in [0.25, 0.3) is 0 Å². The molecule has 1 saturated heterocycles. The number of hydrogen-bond donors (Lipinski definition) is 1.